The highest BCUT2D eigenvalue weighted by molar-refractivity contribution is 6.33. The van der Waals surface area contributed by atoms with E-state index in [1.165, 1.54) is 12.4 Å². The molecule has 13 heteroatoms. The van der Waals surface area contributed by atoms with Crippen LogP contribution in [0.5, 0.6) is 5.75 Å². The molecule has 3 N–H and O–H groups in total. The summed E-state index contributed by atoms with van der Waals surface area (Å²) in [6, 6.07) is 17.9. The lowest BCUT2D eigenvalue weighted by Gasteiger charge is -2.41. The highest BCUT2D eigenvalue weighted by Gasteiger charge is 2.36. The van der Waals surface area contributed by atoms with Crippen LogP contribution >= 0.6 is 23.2 Å². The van der Waals surface area contributed by atoms with Crippen molar-refractivity contribution < 1.29 is 24.2 Å². The smallest absolute Gasteiger partial charge is 0.407 e. The summed E-state index contributed by atoms with van der Waals surface area (Å²) >= 11 is 12.8. The average molecular weight is 652 g/mol. The van der Waals surface area contributed by atoms with Crippen molar-refractivity contribution >= 4 is 46.7 Å². The Morgan fingerprint density at radius 3 is 2.51 bits per heavy atom. The minimum Gasteiger partial charge on any atom is -0.497 e. The van der Waals surface area contributed by atoms with Gasteiger partial charge in [-0.15, -0.1) is 0 Å². The van der Waals surface area contributed by atoms with Gasteiger partial charge in [0.1, 0.15) is 29.7 Å². The topological polar surface area (TPSA) is 139 Å². The van der Waals surface area contributed by atoms with Crippen LogP contribution in [0.3, 0.4) is 0 Å². The second kappa shape index (κ2) is 14.6. The zero-order valence-electron chi connectivity index (χ0n) is 24.5. The van der Waals surface area contributed by atoms with Gasteiger partial charge in [0.15, 0.2) is 5.15 Å². The number of piperidine rings is 1. The number of nitrogens with zero attached hydrogens (tertiary/aromatic N) is 4. The van der Waals surface area contributed by atoms with Crippen LogP contribution in [0.4, 0.5) is 16.4 Å². The monoisotopic (exact) mass is 650 g/mol. The lowest BCUT2D eigenvalue weighted by molar-refractivity contribution is 0.0952. The Hall–Kier alpha value is -4.45. The van der Waals surface area contributed by atoms with Crippen molar-refractivity contribution in [2.75, 3.05) is 37.0 Å². The van der Waals surface area contributed by atoms with Crippen molar-refractivity contribution in [1.29, 1.82) is 0 Å². The average Bonchev–Trinajstić information content (AvgIpc) is 3.07. The molecule has 1 aliphatic rings. The Morgan fingerprint density at radius 2 is 1.82 bits per heavy atom. The number of aliphatic hydroxyl groups excluding tert-OH is 1. The minimum atomic E-state index is -0.830. The molecule has 234 valence electrons. The molecule has 45 heavy (non-hydrogen) atoms. The van der Waals surface area contributed by atoms with E-state index in [-0.39, 0.29) is 24.1 Å². The van der Waals surface area contributed by atoms with Gasteiger partial charge in [0.2, 0.25) is 5.78 Å². The SMILES string of the molecule is COc1ccc(CNc2cc(C(=O)c3ncc(N4CCC(CO)(NC(=O)OCc5ccccc5)CC4)nc3Cl)ccn2)c(Cl)c1. The fraction of sp³-hybridized carbons (Fsp3) is 0.281. The Labute approximate surface area is 270 Å². The van der Waals surface area contributed by atoms with Crippen LogP contribution < -0.4 is 20.3 Å². The Balaban J connectivity index is 1.18. The molecule has 0 unspecified atom stereocenters. The number of aliphatic hydroxyl groups is 1. The lowest BCUT2D eigenvalue weighted by atomic mass is 9.88. The summed E-state index contributed by atoms with van der Waals surface area (Å²) in [5, 5.41) is 16.7. The highest BCUT2D eigenvalue weighted by Crippen LogP contribution is 2.28. The molecular formula is C32H32Cl2N6O5. The molecule has 2 aromatic carbocycles. The molecule has 1 fully saturated rings. The van der Waals surface area contributed by atoms with Crippen molar-refractivity contribution in [2.45, 2.75) is 31.5 Å². The van der Waals surface area contributed by atoms with Crippen molar-refractivity contribution in [2.24, 2.45) is 0 Å². The number of rotatable bonds is 11. The van der Waals surface area contributed by atoms with Gasteiger partial charge in [-0.05, 0) is 48.2 Å². The standard InChI is InChI=1S/C32H32Cl2N6O5/c1-44-24-8-7-23(25(33)16-24)17-36-26-15-22(9-12-35-26)29(42)28-30(34)38-27(18-37-28)40-13-10-32(20-41,11-14-40)39-31(43)45-19-21-5-3-2-4-6-21/h2-9,12,15-16,18,41H,10-11,13-14,17,19-20H2,1H3,(H,35,36)(H,39,43). The minimum absolute atomic E-state index is 0.0142. The van der Waals surface area contributed by atoms with E-state index in [9.17, 15) is 14.7 Å². The van der Waals surface area contributed by atoms with E-state index in [1.807, 2.05) is 47.4 Å². The Kier molecular flexibility index (Phi) is 10.3. The second-order valence-corrected chi connectivity index (χ2v) is 11.3. The lowest BCUT2D eigenvalue weighted by Crippen LogP contribution is -2.57. The van der Waals surface area contributed by atoms with Crippen LogP contribution in [-0.2, 0) is 17.9 Å². The summed E-state index contributed by atoms with van der Waals surface area (Å²) in [4.78, 5) is 40.8. The third kappa shape index (κ3) is 7.99. The fourth-order valence-corrected chi connectivity index (χ4v) is 5.37. The third-order valence-electron chi connectivity index (χ3n) is 7.60. The van der Waals surface area contributed by atoms with E-state index >= 15 is 0 Å². The molecule has 0 spiro atoms. The molecular weight excluding hydrogens is 619 g/mol. The number of methoxy groups -OCH3 is 1. The van der Waals surface area contributed by atoms with Crippen LogP contribution in [0.2, 0.25) is 10.2 Å². The number of hydrogen-bond acceptors (Lipinski definition) is 10. The number of pyridine rings is 1. The van der Waals surface area contributed by atoms with Gasteiger partial charge in [0, 0.05) is 36.4 Å². The molecule has 1 saturated heterocycles. The summed E-state index contributed by atoms with van der Waals surface area (Å²) in [7, 11) is 1.57. The van der Waals surface area contributed by atoms with E-state index in [4.69, 9.17) is 32.7 Å². The first kappa shape index (κ1) is 32.0. The number of ether oxygens (including phenoxy) is 2. The number of nitrogens with one attached hydrogen (secondary N) is 2. The molecule has 11 nitrogen and oxygen atoms in total. The molecule has 2 aromatic heterocycles. The normalized spacial score (nSPS) is 14.0. The van der Waals surface area contributed by atoms with Crippen LogP contribution in [0.1, 0.15) is 40.0 Å². The molecule has 0 atom stereocenters. The first-order valence-corrected chi connectivity index (χ1v) is 15.0. The molecule has 3 heterocycles. The molecule has 1 aliphatic heterocycles. The van der Waals surface area contributed by atoms with E-state index < -0.39 is 17.4 Å². The number of amides is 1. The Morgan fingerprint density at radius 1 is 1.04 bits per heavy atom. The molecule has 0 radical (unpaired) electrons. The van der Waals surface area contributed by atoms with Gasteiger partial charge in [-0.3, -0.25) is 4.79 Å². The first-order valence-electron chi connectivity index (χ1n) is 14.2. The van der Waals surface area contributed by atoms with Crippen LogP contribution in [0.25, 0.3) is 0 Å². The van der Waals surface area contributed by atoms with Gasteiger partial charge < -0.3 is 30.1 Å². The summed E-state index contributed by atoms with van der Waals surface area (Å²) in [5.41, 5.74) is 1.24. The van der Waals surface area contributed by atoms with Crippen LogP contribution in [-0.4, -0.2) is 64.3 Å². The van der Waals surface area contributed by atoms with E-state index in [0.717, 1.165) is 11.1 Å². The zero-order valence-corrected chi connectivity index (χ0v) is 26.0. The zero-order chi connectivity index (χ0) is 31.8. The van der Waals surface area contributed by atoms with Gasteiger partial charge in [0.05, 0.1) is 25.5 Å². The predicted molar refractivity (Wildman–Crippen MR) is 171 cm³/mol. The molecule has 5 rings (SSSR count). The van der Waals surface area contributed by atoms with Crippen molar-refractivity contribution in [1.82, 2.24) is 20.3 Å². The summed E-state index contributed by atoms with van der Waals surface area (Å²) in [5.74, 6) is 1.23. The second-order valence-electron chi connectivity index (χ2n) is 10.5. The molecule has 0 saturated carbocycles. The van der Waals surface area contributed by atoms with Gasteiger partial charge in [-0.25, -0.2) is 19.7 Å². The number of halogens is 2. The summed E-state index contributed by atoms with van der Waals surface area (Å²) in [6.07, 6.45) is 3.31. The van der Waals surface area contributed by atoms with Crippen LogP contribution in [0, 0.1) is 0 Å². The van der Waals surface area contributed by atoms with Gasteiger partial charge in [-0.2, -0.15) is 0 Å². The quantitative estimate of drug-likeness (QED) is 0.184. The highest BCUT2D eigenvalue weighted by atomic mass is 35.5. The van der Waals surface area contributed by atoms with Gasteiger partial charge in [-0.1, -0.05) is 59.6 Å². The number of anilines is 2. The van der Waals surface area contributed by atoms with E-state index in [0.29, 0.717) is 60.4 Å². The number of benzene rings is 2. The van der Waals surface area contributed by atoms with Crippen LogP contribution in [0.15, 0.2) is 73.1 Å². The molecule has 0 aliphatic carbocycles. The first-order chi connectivity index (χ1) is 21.8. The van der Waals surface area contributed by atoms with Crippen molar-refractivity contribution in [3.05, 3.63) is 106 Å². The summed E-state index contributed by atoms with van der Waals surface area (Å²) < 4.78 is 10.5. The van der Waals surface area contributed by atoms with E-state index in [2.05, 4.69) is 25.6 Å². The Bertz CT molecular complexity index is 1650. The maximum Gasteiger partial charge on any atom is 0.407 e. The largest absolute Gasteiger partial charge is 0.497 e. The summed E-state index contributed by atoms with van der Waals surface area (Å²) in [6.45, 7) is 1.22. The number of carbonyl (C=O) groups is 2. The maximum atomic E-state index is 13.3. The van der Waals surface area contributed by atoms with E-state index in [1.54, 1.807) is 25.3 Å². The fourth-order valence-electron chi connectivity index (χ4n) is 4.91. The van der Waals surface area contributed by atoms with Crippen molar-refractivity contribution in [3.8, 4) is 5.75 Å². The van der Waals surface area contributed by atoms with Gasteiger partial charge >= 0.3 is 6.09 Å². The third-order valence-corrected chi connectivity index (χ3v) is 8.22. The number of hydrogen-bond donors (Lipinski definition) is 3. The maximum absolute atomic E-state index is 13.3. The number of carbonyl (C=O) groups excluding carboxylic acids is 2. The van der Waals surface area contributed by atoms with Gasteiger partial charge in [0.25, 0.3) is 0 Å². The molecule has 0 bridgehead atoms. The molecule has 1 amide bonds. The molecule has 4 aromatic rings. The van der Waals surface area contributed by atoms with Crippen molar-refractivity contribution in [3.63, 3.8) is 0 Å². The number of aromatic nitrogens is 3. The number of alkyl carbamates (subject to hydrolysis) is 1. The number of ketones is 1. The predicted octanol–water partition coefficient (Wildman–Crippen LogP) is 5.29.